The van der Waals surface area contributed by atoms with Gasteiger partial charge in [-0.3, -0.25) is 9.36 Å². The average Bonchev–Trinajstić information content (AvgIpc) is 3.14. The van der Waals surface area contributed by atoms with Gasteiger partial charge in [-0.05, 0) is 30.3 Å². The third-order valence-electron chi connectivity index (χ3n) is 3.22. The van der Waals surface area contributed by atoms with Crippen molar-refractivity contribution < 1.29 is 4.79 Å². The van der Waals surface area contributed by atoms with Crippen molar-refractivity contribution in [2.45, 2.75) is 4.90 Å². The van der Waals surface area contributed by atoms with Gasteiger partial charge in [-0.2, -0.15) is 0 Å². The normalized spacial score (nSPS) is 10.4. The highest BCUT2D eigenvalue weighted by atomic mass is 32.2. The number of nitrogens with one attached hydrogen (secondary N) is 1. The van der Waals surface area contributed by atoms with E-state index >= 15 is 0 Å². The molecule has 0 saturated heterocycles. The number of hydrogen-bond donors (Lipinski definition) is 1. The highest BCUT2D eigenvalue weighted by molar-refractivity contribution is 7.99. The SMILES string of the molecule is O=C(NCCSc1ccccc1)c1cccc(-n2cnnc2)c1. The van der Waals surface area contributed by atoms with E-state index in [4.69, 9.17) is 0 Å². The van der Waals surface area contributed by atoms with Gasteiger partial charge >= 0.3 is 0 Å². The van der Waals surface area contributed by atoms with E-state index in [1.54, 1.807) is 35.0 Å². The van der Waals surface area contributed by atoms with Crippen LogP contribution in [-0.2, 0) is 0 Å². The topological polar surface area (TPSA) is 59.8 Å². The van der Waals surface area contributed by atoms with E-state index in [2.05, 4.69) is 27.6 Å². The molecule has 0 aliphatic heterocycles. The summed E-state index contributed by atoms with van der Waals surface area (Å²) in [7, 11) is 0. The van der Waals surface area contributed by atoms with Crippen LogP contribution in [0.3, 0.4) is 0 Å². The van der Waals surface area contributed by atoms with Crippen LogP contribution in [0, 0.1) is 0 Å². The van der Waals surface area contributed by atoms with Gasteiger partial charge in [0.25, 0.3) is 5.91 Å². The van der Waals surface area contributed by atoms with Crippen molar-refractivity contribution in [1.29, 1.82) is 0 Å². The molecular formula is C17H16N4OS. The molecule has 6 heteroatoms. The van der Waals surface area contributed by atoms with E-state index in [0.29, 0.717) is 12.1 Å². The number of benzene rings is 2. The largest absolute Gasteiger partial charge is 0.351 e. The monoisotopic (exact) mass is 324 g/mol. The zero-order chi connectivity index (χ0) is 15.9. The second-order valence-corrected chi connectivity index (χ2v) is 6.01. The molecule has 5 nitrogen and oxygen atoms in total. The Balaban J connectivity index is 1.53. The van der Waals surface area contributed by atoms with Crippen molar-refractivity contribution >= 4 is 17.7 Å². The number of hydrogen-bond acceptors (Lipinski definition) is 4. The first-order valence-electron chi connectivity index (χ1n) is 7.24. The molecule has 0 saturated carbocycles. The molecule has 3 aromatic rings. The molecule has 1 amide bonds. The lowest BCUT2D eigenvalue weighted by molar-refractivity contribution is 0.0956. The van der Waals surface area contributed by atoms with E-state index in [9.17, 15) is 4.79 Å². The molecule has 0 fully saturated rings. The molecule has 1 heterocycles. The molecule has 0 bridgehead atoms. The predicted molar refractivity (Wildman–Crippen MR) is 90.9 cm³/mol. The van der Waals surface area contributed by atoms with Crippen molar-refractivity contribution in [3.8, 4) is 5.69 Å². The smallest absolute Gasteiger partial charge is 0.251 e. The fourth-order valence-corrected chi connectivity index (χ4v) is 2.88. The van der Waals surface area contributed by atoms with E-state index in [-0.39, 0.29) is 5.91 Å². The third-order valence-corrected chi connectivity index (χ3v) is 4.24. The van der Waals surface area contributed by atoms with E-state index in [1.165, 1.54) is 4.90 Å². The van der Waals surface area contributed by atoms with Crippen LogP contribution in [0.15, 0.2) is 72.1 Å². The first-order chi connectivity index (χ1) is 11.3. The van der Waals surface area contributed by atoms with Gasteiger partial charge in [0.2, 0.25) is 0 Å². The summed E-state index contributed by atoms with van der Waals surface area (Å²) >= 11 is 1.72. The Morgan fingerprint density at radius 1 is 1.04 bits per heavy atom. The van der Waals surface area contributed by atoms with Gasteiger partial charge in [0.05, 0.1) is 0 Å². The Kier molecular flexibility index (Phi) is 5.06. The highest BCUT2D eigenvalue weighted by Gasteiger charge is 2.06. The minimum atomic E-state index is -0.0754. The maximum atomic E-state index is 12.2. The van der Waals surface area contributed by atoms with Gasteiger partial charge in [-0.15, -0.1) is 22.0 Å². The lowest BCUT2D eigenvalue weighted by Gasteiger charge is -2.07. The summed E-state index contributed by atoms with van der Waals surface area (Å²) in [5.74, 6) is 0.759. The lowest BCUT2D eigenvalue weighted by atomic mass is 10.2. The Morgan fingerprint density at radius 2 is 1.83 bits per heavy atom. The lowest BCUT2D eigenvalue weighted by Crippen LogP contribution is -2.25. The van der Waals surface area contributed by atoms with Crippen molar-refractivity contribution in [3.05, 3.63) is 72.8 Å². The summed E-state index contributed by atoms with van der Waals surface area (Å²) in [6.07, 6.45) is 3.21. The second-order valence-electron chi connectivity index (χ2n) is 4.84. The molecular weight excluding hydrogens is 308 g/mol. The molecule has 0 spiro atoms. The van der Waals surface area contributed by atoms with Crippen LogP contribution < -0.4 is 5.32 Å². The highest BCUT2D eigenvalue weighted by Crippen LogP contribution is 2.16. The summed E-state index contributed by atoms with van der Waals surface area (Å²) in [6.45, 7) is 0.620. The quantitative estimate of drug-likeness (QED) is 0.559. The van der Waals surface area contributed by atoms with Crippen LogP contribution in [-0.4, -0.2) is 33.0 Å². The fraction of sp³-hybridized carbons (Fsp3) is 0.118. The van der Waals surface area contributed by atoms with Crippen molar-refractivity contribution in [3.63, 3.8) is 0 Å². The maximum Gasteiger partial charge on any atom is 0.251 e. The number of carbonyl (C=O) groups excluding carboxylic acids is 1. The molecule has 0 radical (unpaired) electrons. The Morgan fingerprint density at radius 3 is 2.61 bits per heavy atom. The number of thioether (sulfide) groups is 1. The Labute approximate surface area is 138 Å². The minimum absolute atomic E-state index is 0.0754. The summed E-state index contributed by atoms with van der Waals surface area (Å²) in [5, 5.41) is 10.5. The van der Waals surface area contributed by atoms with Gasteiger partial charge in [-0.25, -0.2) is 0 Å². The van der Waals surface area contributed by atoms with Crippen LogP contribution >= 0.6 is 11.8 Å². The van der Waals surface area contributed by atoms with E-state index in [1.807, 2.05) is 36.4 Å². The van der Waals surface area contributed by atoms with E-state index in [0.717, 1.165) is 11.4 Å². The first kappa shape index (κ1) is 15.3. The molecule has 23 heavy (non-hydrogen) atoms. The van der Waals surface area contributed by atoms with Gasteiger partial charge in [0.1, 0.15) is 12.7 Å². The fourth-order valence-electron chi connectivity index (χ4n) is 2.09. The Bertz CT molecular complexity index is 759. The Hall–Kier alpha value is -2.60. The van der Waals surface area contributed by atoms with Gasteiger partial charge in [-0.1, -0.05) is 24.3 Å². The number of aromatic nitrogens is 3. The van der Waals surface area contributed by atoms with Crippen molar-refractivity contribution in [2.75, 3.05) is 12.3 Å². The zero-order valence-electron chi connectivity index (χ0n) is 12.4. The summed E-state index contributed by atoms with van der Waals surface area (Å²) in [4.78, 5) is 13.4. The van der Waals surface area contributed by atoms with Gasteiger partial charge in [0, 0.05) is 28.4 Å². The summed E-state index contributed by atoms with van der Waals surface area (Å²) < 4.78 is 1.77. The zero-order valence-corrected chi connectivity index (χ0v) is 13.2. The molecule has 0 aliphatic rings. The second kappa shape index (κ2) is 7.60. The van der Waals surface area contributed by atoms with Crippen LogP contribution in [0.1, 0.15) is 10.4 Å². The summed E-state index contributed by atoms with van der Waals surface area (Å²) in [6, 6.07) is 17.5. The summed E-state index contributed by atoms with van der Waals surface area (Å²) in [5.41, 5.74) is 1.49. The maximum absolute atomic E-state index is 12.2. The molecule has 116 valence electrons. The van der Waals surface area contributed by atoms with Crippen LogP contribution in [0.5, 0.6) is 0 Å². The van der Waals surface area contributed by atoms with Gasteiger partial charge < -0.3 is 5.32 Å². The minimum Gasteiger partial charge on any atom is -0.351 e. The van der Waals surface area contributed by atoms with Crippen LogP contribution in [0.4, 0.5) is 0 Å². The van der Waals surface area contributed by atoms with Crippen LogP contribution in [0.25, 0.3) is 5.69 Å². The molecule has 2 aromatic carbocycles. The van der Waals surface area contributed by atoms with Gasteiger partial charge in [0.15, 0.2) is 0 Å². The van der Waals surface area contributed by atoms with Crippen molar-refractivity contribution in [2.24, 2.45) is 0 Å². The third kappa shape index (κ3) is 4.20. The molecule has 1 N–H and O–H groups in total. The van der Waals surface area contributed by atoms with E-state index < -0.39 is 0 Å². The molecule has 1 aromatic heterocycles. The van der Waals surface area contributed by atoms with Crippen molar-refractivity contribution in [1.82, 2.24) is 20.1 Å². The molecule has 0 unspecified atom stereocenters. The molecule has 0 atom stereocenters. The standard InChI is InChI=1S/C17H16N4OS/c22-17(18-9-10-23-16-7-2-1-3-8-16)14-5-4-6-15(11-14)21-12-19-20-13-21/h1-8,11-13H,9-10H2,(H,18,22). The van der Waals surface area contributed by atoms with Crippen LogP contribution in [0.2, 0.25) is 0 Å². The molecule has 3 rings (SSSR count). The molecule has 0 aliphatic carbocycles. The number of amides is 1. The average molecular weight is 324 g/mol. The number of nitrogens with zero attached hydrogens (tertiary/aromatic N) is 3. The number of carbonyl (C=O) groups is 1. The number of rotatable bonds is 6. The predicted octanol–water partition coefficient (Wildman–Crippen LogP) is 2.79. The first-order valence-corrected chi connectivity index (χ1v) is 8.22.